The largest absolute Gasteiger partial charge is 0.494 e. The van der Waals surface area contributed by atoms with Crippen molar-refractivity contribution >= 4 is 21.7 Å². The maximum atomic E-state index is 12.4. The molecule has 0 saturated heterocycles. The van der Waals surface area contributed by atoms with E-state index in [1.54, 1.807) is 0 Å². The van der Waals surface area contributed by atoms with Crippen LogP contribution < -0.4 is 4.74 Å². The van der Waals surface area contributed by atoms with E-state index in [1.807, 2.05) is 25.1 Å². The van der Waals surface area contributed by atoms with Gasteiger partial charge in [-0.2, -0.15) is 0 Å². The number of ketones is 1. The van der Waals surface area contributed by atoms with Crippen LogP contribution in [0.5, 0.6) is 5.75 Å². The lowest BCUT2D eigenvalue weighted by Gasteiger charge is -2.14. The summed E-state index contributed by atoms with van der Waals surface area (Å²) >= 11 is 3.50. The van der Waals surface area contributed by atoms with Gasteiger partial charge in [0.1, 0.15) is 5.75 Å². The molecule has 0 spiro atoms. The lowest BCUT2D eigenvalue weighted by atomic mass is 9.92. The van der Waals surface area contributed by atoms with E-state index >= 15 is 0 Å². The number of carbonyl (C=O) groups excluding carboxylic acids is 1. The van der Waals surface area contributed by atoms with Gasteiger partial charge in [-0.25, -0.2) is 0 Å². The predicted octanol–water partition coefficient (Wildman–Crippen LogP) is 5.39. The Labute approximate surface area is 130 Å². The van der Waals surface area contributed by atoms with Gasteiger partial charge < -0.3 is 4.74 Å². The SMILES string of the molecule is CCOc1ccc(C(=O)CC2CCCCCC2)c(Br)c1. The molecular weight excluding hydrogens is 316 g/mol. The topological polar surface area (TPSA) is 26.3 Å². The van der Waals surface area contributed by atoms with Crippen molar-refractivity contribution in [2.24, 2.45) is 5.92 Å². The molecule has 0 unspecified atom stereocenters. The molecule has 0 aromatic heterocycles. The van der Waals surface area contributed by atoms with Gasteiger partial charge in [0, 0.05) is 16.5 Å². The van der Waals surface area contributed by atoms with E-state index in [4.69, 9.17) is 4.74 Å². The minimum atomic E-state index is 0.256. The van der Waals surface area contributed by atoms with Crippen LogP contribution in [0, 0.1) is 5.92 Å². The highest BCUT2D eigenvalue weighted by Crippen LogP contribution is 2.29. The molecule has 0 atom stereocenters. The predicted molar refractivity (Wildman–Crippen MR) is 85.5 cm³/mol. The zero-order valence-corrected chi connectivity index (χ0v) is 13.7. The Morgan fingerprint density at radius 1 is 1.25 bits per heavy atom. The second kappa shape index (κ2) is 7.82. The molecule has 2 nitrogen and oxygen atoms in total. The fourth-order valence-corrected chi connectivity index (χ4v) is 3.50. The van der Waals surface area contributed by atoms with E-state index in [2.05, 4.69) is 15.9 Å². The van der Waals surface area contributed by atoms with E-state index < -0.39 is 0 Å². The van der Waals surface area contributed by atoms with Crippen LogP contribution in [0.3, 0.4) is 0 Å². The third kappa shape index (κ3) is 4.34. The number of ether oxygens (including phenoxy) is 1. The van der Waals surface area contributed by atoms with E-state index in [9.17, 15) is 4.79 Å². The van der Waals surface area contributed by atoms with Gasteiger partial charge in [0.2, 0.25) is 0 Å². The Morgan fingerprint density at radius 2 is 1.95 bits per heavy atom. The van der Waals surface area contributed by atoms with Crippen LogP contribution >= 0.6 is 15.9 Å². The molecule has 0 aliphatic heterocycles. The van der Waals surface area contributed by atoms with Gasteiger partial charge in [-0.1, -0.05) is 38.5 Å². The zero-order chi connectivity index (χ0) is 14.4. The summed E-state index contributed by atoms with van der Waals surface area (Å²) in [6, 6.07) is 5.66. The van der Waals surface area contributed by atoms with Crippen molar-refractivity contribution < 1.29 is 9.53 Å². The lowest BCUT2D eigenvalue weighted by molar-refractivity contribution is 0.0956. The highest BCUT2D eigenvalue weighted by Gasteiger charge is 2.18. The van der Waals surface area contributed by atoms with Gasteiger partial charge in [0.05, 0.1) is 6.61 Å². The zero-order valence-electron chi connectivity index (χ0n) is 12.2. The molecule has 1 fully saturated rings. The van der Waals surface area contributed by atoms with Gasteiger partial charge in [-0.15, -0.1) is 0 Å². The van der Waals surface area contributed by atoms with Crippen molar-refractivity contribution in [3.63, 3.8) is 0 Å². The van der Waals surface area contributed by atoms with Gasteiger partial charge in [-0.3, -0.25) is 4.79 Å². The quantitative estimate of drug-likeness (QED) is 0.531. The Hall–Kier alpha value is -0.830. The number of benzene rings is 1. The lowest BCUT2D eigenvalue weighted by Crippen LogP contribution is -2.09. The second-order valence-electron chi connectivity index (χ2n) is 5.56. The van der Waals surface area contributed by atoms with E-state index in [0.717, 1.165) is 15.8 Å². The van der Waals surface area contributed by atoms with Crippen molar-refractivity contribution in [2.45, 2.75) is 51.9 Å². The number of rotatable bonds is 5. The Balaban J connectivity index is 2.01. The third-order valence-electron chi connectivity index (χ3n) is 4.00. The standard InChI is InChI=1S/C17H23BrO2/c1-2-20-14-9-10-15(16(18)12-14)17(19)11-13-7-5-3-4-6-8-13/h9-10,12-13H,2-8,11H2,1H3. The molecule has 1 aliphatic rings. The minimum Gasteiger partial charge on any atom is -0.494 e. The highest BCUT2D eigenvalue weighted by atomic mass is 79.9. The molecule has 1 aromatic carbocycles. The van der Waals surface area contributed by atoms with Gasteiger partial charge in [-0.05, 0) is 47.0 Å². The summed E-state index contributed by atoms with van der Waals surface area (Å²) in [7, 11) is 0. The average molecular weight is 339 g/mol. The fraction of sp³-hybridized carbons (Fsp3) is 0.588. The summed E-state index contributed by atoms with van der Waals surface area (Å²) in [5, 5.41) is 0. The molecule has 2 rings (SSSR count). The van der Waals surface area contributed by atoms with Crippen LogP contribution in [0.1, 0.15) is 62.2 Å². The van der Waals surface area contributed by atoms with Crippen LogP contribution in [0.15, 0.2) is 22.7 Å². The molecule has 1 aromatic rings. The third-order valence-corrected chi connectivity index (χ3v) is 4.66. The Kier molecular flexibility index (Phi) is 6.08. The van der Waals surface area contributed by atoms with Crippen molar-refractivity contribution in [1.29, 1.82) is 0 Å². The van der Waals surface area contributed by atoms with Crippen LogP contribution in [0.2, 0.25) is 0 Å². The van der Waals surface area contributed by atoms with Crippen molar-refractivity contribution in [3.05, 3.63) is 28.2 Å². The van der Waals surface area contributed by atoms with Gasteiger partial charge in [0.15, 0.2) is 5.78 Å². The highest BCUT2D eigenvalue weighted by molar-refractivity contribution is 9.10. The van der Waals surface area contributed by atoms with E-state index in [0.29, 0.717) is 18.9 Å². The van der Waals surface area contributed by atoms with Crippen molar-refractivity contribution in [1.82, 2.24) is 0 Å². The monoisotopic (exact) mass is 338 g/mol. The van der Waals surface area contributed by atoms with Crippen LogP contribution in [0.4, 0.5) is 0 Å². The molecule has 0 radical (unpaired) electrons. The molecule has 110 valence electrons. The summed E-state index contributed by atoms with van der Waals surface area (Å²) in [5.74, 6) is 1.64. The average Bonchev–Trinajstić information content (AvgIpc) is 2.67. The number of hydrogen-bond acceptors (Lipinski definition) is 2. The van der Waals surface area contributed by atoms with Crippen molar-refractivity contribution in [2.75, 3.05) is 6.61 Å². The first kappa shape index (κ1) is 15.6. The number of halogens is 1. The Morgan fingerprint density at radius 3 is 2.55 bits per heavy atom. The molecule has 0 bridgehead atoms. The maximum Gasteiger partial charge on any atom is 0.164 e. The summed E-state index contributed by atoms with van der Waals surface area (Å²) < 4.78 is 6.30. The molecule has 3 heteroatoms. The fourth-order valence-electron chi connectivity index (χ4n) is 2.92. The van der Waals surface area contributed by atoms with Gasteiger partial charge >= 0.3 is 0 Å². The minimum absolute atomic E-state index is 0.256. The van der Waals surface area contributed by atoms with E-state index in [-0.39, 0.29) is 5.78 Å². The number of carbonyl (C=O) groups is 1. The molecule has 1 aliphatic carbocycles. The second-order valence-corrected chi connectivity index (χ2v) is 6.41. The first-order valence-corrected chi connectivity index (χ1v) is 8.45. The normalized spacial score (nSPS) is 16.7. The summed E-state index contributed by atoms with van der Waals surface area (Å²) in [5.41, 5.74) is 0.790. The molecular formula is C17H23BrO2. The van der Waals surface area contributed by atoms with Gasteiger partial charge in [0.25, 0.3) is 0 Å². The molecule has 0 heterocycles. The van der Waals surface area contributed by atoms with Crippen LogP contribution in [0.25, 0.3) is 0 Å². The molecule has 0 N–H and O–H groups in total. The Bertz CT molecular complexity index is 448. The van der Waals surface area contributed by atoms with Crippen LogP contribution in [-0.4, -0.2) is 12.4 Å². The number of hydrogen-bond donors (Lipinski definition) is 0. The molecule has 0 amide bonds. The molecule has 1 saturated carbocycles. The first-order chi connectivity index (χ1) is 9.70. The smallest absolute Gasteiger partial charge is 0.164 e. The van der Waals surface area contributed by atoms with Crippen molar-refractivity contribution in [3.8, 4) is 5.75 Å². The van der Waals surface area contributed by atoms with E-state index in [1.165, 1.54) is 38.5 Å². The summed E-state index contributed by atoms with van der Waals surface area (Å²) in [4.78, 5) is 12.4. The first-order valence-electron chi connectivity index (χ1n) is 7.66. The summed E-state index contributed by atoms with van der Waals surface area (Å²) in [6.45, 7) is 2.60. The molecule has 20 heavy (non-hydrogen) atoms. The maximum absolute atomic E-state index is 12.4. The van der Waals surface area contributed by atoms with Crippen LogP contribution in [-0.2, 0) is 0 Å². The number of Topliss-reactive ketones (excluding diaryl/α,β-unsaturated/α-hetero) is 1. The summed E-state index contributed by atoms with van der Waals surface area (Å²) in [6.07, 6.45) is 8.33.